The smallest absolute Gasteiger partial charge is 0.251 e. The summed E-state index contributed by atoms with van der Waals surface area (Å²) in [5.74, 6) is -0.389. The van der Waals surface area contributed by atoms with Crippen LogP contribution in [0.25, 0.3) is 0 Å². The number of rotatable bonds is 2. The highest BCUT2D eigenvalue weighted by molar-refractivity contribution is 5.99. The number of carbonyl (C=O) groups excluding carboxylic acids is 1. The molecule has 0 aromatic rings. The maximum absolute atomic E-state index is 11.6. The first-order chi connectivity index (χ1) is 8.18. The van der Waals surface area contributed by atoms with E-state index in [2.05, 4.69) is 16.6 Å². The molecule has 2 aliphatic rings. The van der Waals surface area contributed by atoms with Gasteiger partial charge in [-0.1, -0.05) is 6.08 Å². The van der Waals surface area contributed by atoms with Crippen LogP contribution in [0.2, 0.25) is 0 Å². The van der Waals surface area contributed by atoms with Crippen molar-refractivity contribution in [2.24, 2.45) is 10.8 Å². The van der Waals surface area contributed by atoms with E-state index in [-0.39, 0.29) is 5.91 Å². The second kappa shape index (κ2) is 4.99. The summed E-state index contributed by atoms with van der Waals surface area (Å²) >= 11 is 0. The fraction of sp³-hybridized carbons (Fsp3) is 0.385. The Kier molecular flexibility index (Phi) is 3.42. The van der Waals surface area contributed by atoms with Crippen LogP contribution in [0.15, 0.2) is 40.2 Å². The first-order valence-corrected chi connectivity index (χ1v) is 5.90. The molecular formula is C13H17N3O. The van der Waals surface area contributed by atoms with Crippen molar-refractivity contribution in [2.75, 3.05) is 0 Å². The quantitative estimate of drug-likeness (QED) is 0.711. The molecule has 4 nitrogen and oxygen atoms in total. The highest BCUT2D eigenvalue weighted by Gasteiger charge is 2.18. The van der Waals surface area contributed by atoms with Crippen LogP contribution >= 0.6 is 0 Å². The second-order valence-electron chi connectivity index (χ2n) is 4.33. The number of hydrogen-bond acceptors (Lipinski definition) is 3. The fourth-order valence-corrected chi connectivity index (χ4v) is 2.10. The maximum Gasteiger partial charge on any atom is 0.251 e. The van der Waals surface area contributed by atoms with Crippen LogP contribution in [0.4, 0.5) is 0 Å². The minimum absolute atomic E-state index is 0.389. The molecule has 4 heteroatoms. The summed E-state index contributed by atoms with van der Waals surface area (Å²) in [6.07, 6.45) is 10.1. The molecule has 0 radical (unpaired) electrons. The zero-order chi connectivity index (χ0) is 12.3. The predicted molar refractivity (Wildman–Crippen MR) is 68.2 cm³/mol. The summed E-state index contributed by atoms with van der Waals surface area (Å²) in [5.41, 5.74) is 11.6. The van der Waals surface area contributed by atoms with Gasteiger partial charge in [0.15, 0.2) is 0 Å². The second-order valence-corrected chi connectivity index (χ2v) is 4.33. The minimum Gasteiger partial charge on any atom is -0.366 e. The van der Waals surface area contributed by atoms with E-state index in [4.69, 9.17) is 5.73 Å². The summed E-state index contributed by atoms with van der Waals surface area (Å²) in [6, 6.07) is 0. The van der Waals surface area contributed by atoms with E-state index in [0.29, 0.717) is 11.3 Å². The van der Waals surface area contributed by atoms with Gasteiger partial charge >= 0.3 is 0 Å². The van der Waals surface area contributed by atoms with Crippen molar-refractivity contribution in [1.82, 2.24) is 5.43 Å². The van der Waals surface area contributed by atoms with E-state index >= 15 is 0 Å². The third kappa shape index (κ3) is 2.64. The Bertz CT molecular complexity index is 455. The van der Waals surface area contributed by atoms with Crippen molar-refractivity contribution >= 4 is 11.6 Å². The van der Waals surface area contributed by atoms with Crippen LogP contribution in [-0.2, 0) is 4.79 Å². The van der Waals surface area contributed by atoms with Gasteiger partial charge in [-0.15, -0.1) is 0 Å². The topological polar surface area (TPSA) is 67.5 Å². The van der Waals surface area contributed by atoms with Gasteiger partial charge in [-0.2, -0.15) is 5.10 Å². The molecule has 17 heavy (non-hydrogen) atoms. The number of hydrogen-bond donors (Lipinski definition) is 2. The molecule has 0 saturated carbocycles. The average Bonchev–Trinajstić information content (AvgIpc) is 2.33. The Labute approximate surface area is 101 Å². The standard InChI is InChI=1S/C13H17N3O/c1-9-7-8-11(16-15-9)12(13(14)17)10-5-3-2-4-6-10/h5,7-8,16H,2-4,6H2,1H3,(H2,14,17)/b12-11-. The molecule has 0 unspecified atom stereocenters. The lowest BCUT2D eigenvalue weighted by atomic mass is 9.91. The first-order valence-electron chi connectivity index (χ1n) is 5.90. The molecule has 0 bridgehead atoms. The number of nitrogens with one attached hydrogen (secondary N) is 1. The number of allylic oxidation sites excluding steroid dienone is 3. The van der Waals surface area contributed by atoms with Gasteiger partial charge in [0.1, 0.15) is 0 Å². The molecular weight excluding hydrogens is 214 g/mol. The summed E-state index contributed by atoms with van der Waals surface area (Å²) in [4.78, 5) is 11.6. The Hall–Kier alpha value is -1.84. The van der Waals surface area contributed by atoms with Gasteiger partial charge in [0.25, 0.3) is 5.91 Å². The van der Waals surface area contributed by atoms with E-state index < -0.39 is 0 Å². The van der Waals surface area contributed by atoms with Gasteiger partial charge in [-0.25, -0.2) is 0 Å². The number of primary amides is 1. The molecule has 1 aliphatic heterocycles. The summed E-state index contributed by atoms with van der Waals surface area (Å²) in [5, 5.41) is 4.10. The van der Waals surface area contributed by atoms with Gasteiger partial charge in [-0.05, 0) is 50.3 Å². The largest absolute Gasteiger partial charge is 0.366 e. The number of amides is 1. The molecule has 3 N–H and O–H groups in total. The Morgan fingerprint density at radius 1 is 1.41 bits per heavy atom. The number of hydrazone groups is 1. The fourth-order valence-electron chi connectivity index (χ4n) is 2.10. The molecule has 0 fully saturated rings. The number of nitrogens with zero attached hydrogens (tertiary/aromatic N) is 1. The summed E-state index contributed by atoms with van der Waals surface area (Å²) in [7, 11) is 0. The average molecular weight is 231 g/mol. The SMILES string of the molecule is CC1=NN/C(=C(\C(N)=O)C2=CCCCC2)C=C1. The van der Waals surface area contributed by atoms with E-state index in [0.717, 1.165) is 30.5 Å². The lowest BCUT2D eigenvalue weighted by Crippen LogP contribution is -2.23. The normalized spacial score (nSPS) is 22.4. The molecule has 1 amide bonds. The monoisotopic (exact) mass is 231 g/mol. The highest BCUT2D eigenvalue weighted by atomic mass is 16.1. The van der Waals surface area contributed by atoms with Crippen molar-refractivity contribution in [1.29, 1.82) is 0 Å². The van der Waals surface area contributed by atoms with Crippen molar-refractivity contribution in [3.63, 3.8) is 0 Å². The lowest BCUT2D eigenvalue weighted by Gasteiger charge is -2.18. The number of carbonyl (C=O) groups is 1. The Balaban J connectivity index is 2.36. The number of nitrogens with two attached hydrogens (primary N) is 1. The third-order valence-electron chi connectivity index (χ3n) is 2.97. The Morgan fingerprint density at radius 2 is 2.24 bits per heavy atom. The lowest BCUT2D eigenvalue weighted by molar-refractivity contribution is -0.114. The van der Waals surface area contributed by atoms with Gasteiger partial charge in [0.05, 0.1) is 17.0 Å². The van der Waals surface area contributed by atoms with E-state index in [1.54, 1.807) is 0 Å². The zero-order valence-corrected chi connectivity index (χ0v) is 9.99. The third-order valence-corrected chi connectivity index (χ3v) is 2.97. The maximum atomic E-state index is 11.6. The van der Waals surface area contributed by atoms with Gasteiger partial charge in [-0.3, -0.25) is 10.2 Å². The molecule has 0 spiro atoms. The molecule has 1 heterocycles. The molecule has 0 saturated heterocycles. The molecule has 2 rings (SSSR count). The van der Waals surface area contributed by atoms with Gasteiger partial charge < -0.3 is 5.73 Å². The molecule has 0 aromatic carbocycles. The van der Waals surface area contributed by atoms with Crippen LogP contribution in [0, 0.1) is 0 Å². The van der Waals surface area contributed by atoms with Crippen molar-refractivity contribution < 1.29 is 4.79 Å². The zero-order valence-electron chi connectivity index (χ0n) is 9.99. The van der Waals surface area contributed by atoms with Crippen LogP contribution in [0.3, 0.4) is 0 Å². The van der Waals surface area contributed by atoms with Crippen molar-refractivity contribution in [2.45, 2.75) is 32.6 Å². The van der Waals surface area contributed by atoms with Crippen LogP contribution in [0.5, 0.6) is 0 Å². The van der Waals surface area contributed by atoms with Crippen LogP contribution < -0.4 is 11.2 Å². The highest BCUT2D eigenvalue weighted by Crippen LogP contribution is 2.26. The van der Waals surface area contributed by atoms with E-state index in [9.17, 15) is 4.79 Å². The molecule has 0 atom stereocenters. The predicted octanol–water partition coefficient (Wildman–Crippen LogP) is 1.76. The molecule has 0 aromatic heterocycles. The molecule has 1 aliphatic carbocycles. The first kappa shape index (κ1) is 11.6. The molecule has 90 valence electrons. The van der Waals surface area contributed by atoms with Crippen molar-refractivity contribution in [3.8, 4) is 0 Å². The minimum atomic E-state index is -0.389. The summed E-state index contributed by atoms with van der Waals surface area (Å²) in [6.45, 7) is 1.89. The van der Waals surface area contributed by atoms with Gasteiger partial charge in [0, 0.05) is 0 Å². The Morgan fingerprint density at radius 3 is 2.76 bits per heavy atom. The van der Waals surface area contributed by atoms with Crippen LogP contribution in [-0.4, -0.2) is 11.6 Å². The van der Waals surface area contributed by atoms with E-state index in [1.807, 2.05) is 19.1 Å². The van der Waals surface area contributed by atoms with Crippen molar-refractivity contribution in [3.05, 3.63) is 35.1 Å². The van der Waals surface area contributed by atoms with Gasteiger partial charge in [0.2, 0.25) is 0 Å². The van der Waals surface area contributed by atoms with E-state index in [1.165, 1.54) is 6.42 Å². The summed E-state index contributed by atoms with van der Waals surface area (Å²) < 4.78 is 0. The van der Waals surface area contributed by atoms with Crippen LogP contribution in [0.1, 0.15) is 32.6 Å².